The fourth-order valence-electron chi connectivity index (χ4n) is 1.80. The van der Waals surface area contributed by atoms with Crippen molar-refractivity contribution >= 4 is 33.5 Å². The van der Waals surface area contributed by atoms with Crippen LogP contribution >= 0.6 is 15.9 Å². The molecule has 2 rings (SSSR count). The van der Waals surface area contributed by atoms with Gasteiger partial charge in [0.1, 0.15) is 11.5 Å². The van der Waals surface area contributed by atoms with Crippen molar-refractivity contribution in [1.29, 1.82) is 0 Å². The monoisotopic (exact) mass is 337 g/mol. The molecule has 1 heterocycles. The number of hydrogen-bond donors (Lipinski definition) is 2. The van der Waals surface area contributed by atoms with Crippen molar-refractivity contribution in [3.05, 3.63) is 51.4 Å². The summed E-state index contributed by atoms with van der Waals surface area (Å²) in [5.41, 5.74) is 0.923. The van der Waals surface area contributed by atoms with Crippen LogP contribution in [0.25, 0.3) is 0 Å². The van der Waals surface area contributed by atoms with Crippen LogP contribution in [0.2, 0.25) is 0 Å². The largest absolute Gasteiger partial charge is 0.478 e. The van der Waals surface area contributed by atoms with Gasteiger partial charge in [0.15, 0.2) is 0 Å². The molecule has 1 aromatic carbocycles. The van der Waals surface area contributed by atoms with Crippen LogP contribution in [0.5, 0.6) is 0 Å². The first-order valence-electron chi connectivity index (χ1n) is 5.79. The molecule has 6 heteroatoms. The summed E-state index contributed by atoms with van der Waals surface area (Å²) >= 11 is 3.27. The van der Waals surface area contributed by atoms with E-state index in [1.165, 1.54) is 12.1 Å². The molecule has 0 atom stereocenters. The zero-order chi connectivity index (χ0) is 14.9. The number of rotatable bonds is 3. The normalized spacial score (nSPS) is 10.3. The summed E-state index contributed by atoms with van der Waals surface area (Å²) in [4.78, 5) is 23.1. The molecule has 1 amide bonds. The van der Waals surface area contributed by atoms with Crippen molar-refractivity contribution in [3.8, 4) is 0 Å². The lowest BCUT2D eigenvalue weighted by molar-refractivity contribution is 0.0696. The van der Waals surface area contributed by atoms with Crippen LogP contribution in [0.1, 0.15) is 32.2 Å². The van der Waals surface area contributed by atoms with E-state index in [4.69, 9.17) is 9.52 Å². The first kappa shape index (κ1) is 14.3. The zero-order valence-corrected chi connectivity index (χ0v) is 12.4. The quantitative estimate of drug-likeness (QED) is 0.896. The number of furan rings is 1. The van der Waals surface area contributed by atoms with Crippen LogP contribution < -0.4 is 5.32 Å². The molecule has 0 saturated heterocycles. The fraction of sp³-hybridized carbons (Fsp3) is 0.143. The molecule has 0 fully saturated rings. The van der Waals surface area contributed by atoms with Gasteiger partial charge in [0.2, 0.25) is 0 Å². The fourth-order valence-corrected chi connectivity index (χ4v) is 2.15. The highest BCUT2D eigenvalue weighted by Crippen LogP contribution is 2.25. The van der Waals surface area contributed by atoms with Gasteiger partial charge >= 0.3 is 5.97 Å². The van der Waals surface area contributed by atoms with Gasteiger partial charge < -0.3 is 14.8 Å². The molecular formula is C14H12BrNO4. The van der Waals surface area contributed by atoms with Crippen LogP contribution in [0.4, 0.5) is 5.69 Å². The second-order valence-corrected chi connectivity index (χ2v) is 5.14. The number of amides is 1. The number of carboxylic acids is 1. The minimum absolute atomic E-state index is 0.101. The van der Waals surface area contributed by atoms with Gasteiger partial charge in [-0.05, 0) is 54.0 Å². The molecule has 0 radical (unpaired) electrons. The first-order chi connectivity index (χ1) is 9.38. The van der Waals surface area contributed by atoms with E-state index in [1.807, 2.05) is 0 Å². The third-order valence-electron chi connectivity index (χ3n) is 2.75. The van der Waals surface area contributed by atoms with Crippen molar-refractivity contribution in [3.63, 3.8) is 0 Å². The number of aryl methyl sites for hydroxylation is 2. The molecule has 20 heavy (non-hydrogen) atoms. The lowest BCUT2D eigenvalue weighted by Crippen LogP contribution is -2.13. The highest BCUT2D eigenvalue weighted by molar-refractivity contribution is 9.10. The van der Waals surface area contributed by atoms with Crippen molar-refractivity contribution < 1.29 is 19.1 Å². The SMILES string of the molecule is Cc1cc(C(=O)Nc2cc(C(=O)O)ccc2Br)c(C)o1. The molecule has 2 aromatic rings. The average molecular weight is 338 g/mol. The average Bonchev–Trinajstić information content (AvgIpc) is 2.71. The Kier molecular flexibility index (Phi) is 3.94. The van der Waals surface area contributed by atoms with E-state index in [2.05, 4.69) is 21.2 Å². The van der Waals surface area contributed by atoms with E-state index in [-0.39, 0.29) is 11.5 Å². The standard InChI is InChI=1S/C14H12BrNO4/c1-7-5-10(8(2)20-7)13(17)16-12-6-9(14(18)19)3-4-11(12)15/h3-6H,1-2H3,(H,16,17)(H,18,19). The molecule has 0 aliphatic heterocycles. The molecule has 0 aliphatic carbocycles. The Morgan fingerprint density at radius 2 is 1.95 bits per heavy atom. The van der Waals surface area contributed by atoms with Crippen LogP contribution in [0, 0.1) is 13.8 Å². The van der Waals surface area contributed by atoms with Crippen LogP contribution in [-0.4, -0.2) is 17.0 Å². The minimum atomic E-state index is -1.05. The van der Waals surface area contributed by atoms with Gasteiger partial charge in [-0.2, -0.15) is 0 Å². The summed E-state index contributed by atoms with van der Waals surface area (Å²) in [5, 5.41) is 11.6. The molecule has 0 saturated carbocycles. The first-order valence-corrected chi connectivity index (χ1v) is 6.59. The van der Waals surface area contributed by atoms with Crippen molar-refractivity contribution in [1.82, 2.24) is 0 Å². The van der Waals surface area contributed by atoms with Gasteiger partial charge in [-0.25, -0.2) is 4.79 Å². The number of carbonyl (C=O) groups is 2. The molecule has 5 nitrogen and oxygen atoms in total. The third kappa shape index (κ3) is 2.91. The topological polar surface area (TPSA) is 79.5 Å². The summed E-state index contributed by atoms with van der Waals surface area (Å²) in [7, 11) is 0. The third-order valence-corrected chi connectivity index (χ3v) is 3.44. The van der Waals surface area contributed by atoms with E-state index < -0.39 is 5.97 Å². The van der Waals surface area contributed by atoms with Gasteiger partial charge in [-0.1, -0.05) is 0 Å². The maximum Gasteiger partial charge on any atom is 0.335 e. The van der Waals surface area contributed by atoms with E-state index in [0.717, 1.165) is 0 Å². The molecule has 0 spiro atoms. The smallest absolute Gasteiger partial charge is 0.335 e. The van der Waals surface area contributed by atoms with E-state index in [9.17, 15) is 9.59 Å². The highest BCUT2D eigenvalue weighted by atomic mass is 79.9. The summed E-state index contributed by atoms with van der Waals surface area (Å²) in [6.45, 7) is 3.45. The van der Waals surface area contributed by atoms with E-state index >= 15 is 0 Å². The predicted octanol–water partition coefficient (Wildman–Crippen LogP) is 3.61. The molecule has 104 valence electrons. The van der Waals surface area contributed by atoms with Gasteiger partial charge in [0, 0.05) is 4.47 Å². The number of anilines is 1. The molecule has 0 aliphatic rings. The lowest BCUT2D eigenvalue weighted by atomic mass is 10.2. The van der Waals surface area contributed by atoms with Gasteiger partial charge in [0.25, 0.3) is 5.91 Å². The number of aromatic carboxylic acids is 1. The van der Waals surface area contributed by atoms with Gasteiger partial charge in [-0.15, -0.1) is 0 Å². The Labute approximate surface area is 123 Å². The maximum absolute atomic E-state index is 12.1. The summed E-state index contributed by atoms with van der Waals surface area (Å²) in [6, 6.07) is 6.06. The molecule has 0 unspecified atom stereocenters. The van der Waals surface area contributed by atoms with Crippen LogP contribution in [-0.2, 0) is 0 Å². The van der Waals surface area contributed by atoms with E-state index in [0.29, 0.717) is 27.2 Å². The predicted molar refractivity (Wildman–Crippen MR) is 77.2 cm³/mol. The Morgan fingerprint density at radius 3 is 2.50 bits per heavy atom. The number of carboxylic acid groups (broad SMARTS) is 1. The summed E-state index contributed by atoms with van der Waals surface area (Å²) in [5.74, 6) is -0.234. The number of benzene rings is 1. The Bertz CT molecular complexity index is 690. The van der Waals surface area contributed by atoms with Gasteiger partial charge in [0.05, 0.1) is 16.8 Å². The lowest BCUT2D eigenvalue weighted by Gasteiger charge is -2.07. The van der Waals surface area contributed by atoms with E-state index in [1.54, 1.807) is 26.0 Å². The van der Waals surface area contributed by atoms with Gasteiger partial charge in [-0.3, -0.25) is 4.79 Å². The zero-order valence-electron chi connectivity index (χ0n) is 10.9. The number of halogens is 1. The van der Waals surface area contributed by atoms with Crippen LogP contribution in [0.3, 0.4) is 0 Å². The maximum atomic E-state index is 12.1. The number of nitrogens with one attached hydrogen (secondary N) is 1. The van der Waals surface area contributed by atoms with Crippen molar-refractivity contribution in [2.75, 3.05) is 5.32 Å². The minimum Gasteiger partial charge on any atom is -0.478 e. The highest BCUT2D eigenvalue weighted by Gasteiger charge is 2.15. The molecule has 0 bridgehead atoms. The number of carbonyl (C=O) groups excluding carboxylic acids is 1. The Balaban J connectivity index is 2.30. The van der Waals surface area contributed by atoms with Crippen molar-refractivity contribution in [2.45, 2.75) is 13.8 Å². The second kappa shape index (κ2) is 5.50. The Morgan fingerprint density at radius 1 is 1.25 bits per heavy atom. The summed E-state index contributed by atoms with van der Waals surface area (Å²) < 4.78 is 5.90. The van der Waals surface area contributed by atoms with Crippen molar-refractivity contribution in [2.24, 2.45) is 0 Å². The molecule has 1 aromatic heterocycles. The second-order valence-electron chi connectivity index (χ2n) is 4.28. The molecule has 2 N–H and O–H groups in total. The molecular weight excluding hydrogens is 326 g/mol. The summed E-state index contributed by atoms with van der Waals surface area (Å²) in [6.07, 6.45) is 0. The Hall–Kier alpha value is -2.08. The number of hydrogen-bond acceptors (Lipinski definition) is 3. The van der Waals surface area contributed by atoms with Crippen LogP contribution in [0.15, 0.2) is 33.2 Å².